The summed E-state index contributed by atoms with van der Waals surface area (Å²) in [5.41, 5.74) is 6.26. The lowest BCUT2D eigenvalue weighted by atomic mass is 9.95. The van der Waals surface area contributed by atoms with Gasteiger partial charge in [-0.25, -0.2) is 0 Å². The largest absolute Gasteiger partial charge is 0.347 e. The molecule has 0 aliphatic heterocycles. The average Bonchev–Trinajstić information content (AvgIpc) is 2.29. The fraction of sp³-hybridized carbons (Fsp3) is 0.231. The van der Waals surface area contributed by atoms with Gasteiger partial charge in [0, 0.05) is 6.42 Å². The molecule has 90 valence electrons. The topological polar surface area (TPSA) is 35.2 Å². The lowest BCUT2D eigenvalue weighted by Gasteiger charge is -2.27. The molecular formula is C13H13F2NO. The van der Waals surface area contributed by atoms with E-state index in [1.807, 2.05) is 30.3 Å². The summed E-state index contributed by atoms with van der Waals surface area (Å²) in [6.07, 6.45) is 5.22. The first-order valence-electron chi connectivity index (χ1n) is 5.29. The van der Waals surface area contributed by atoms with E-state index in [4.69, 9.17) is 5.73 Å². The van der Waals surface area contributed by atoms with E-state index < -0.39 is 12.3 Å². The van der Waals surface area contributed by atoms with E-state index in [0.717, 1.165) is 11.1 Å². The fourth-order valence-corrected chi connectivity index (χ4v) is 1.73. The van der Waals surface area contributed by atoms with E-state index in [0.29, 0.717) is 0 Å². The van der Waals surface area contributed by atoms with Crippen LogP contribution in [0.2, 0.25) is 0 Å². The Morgan fingerprint density at radius 1 is 1.24 bits per heavy atom. The number of ether oxygens (including phenoxy) is 1. The third kappa shape index (κ3) is 2.99. The Hall–Kier alpha value is -1.52. The lowest BCUT2D eigenvalue weighted by Crippen LogP contribution is -2.42. The van der Waals surface area contributed by atoms with Crippen LogP contribution in [0.4, 0.5) is 8.78 Å². The molecule has 0 bridgehead atoms. The van der Waals surface area contributed by atoms with Gasteiger partial charge in [0.25, 0.3) is 0 Å². The molecule has 17 heavy (non-hydrogen) atoms. The molecule has 0 aromatic heterocycles. The Morgan fingerprint density at radius 3 is 2.47 bits per heavy atom. The zero-order valence-corrected chi connectivity index (χ0v) is 9.14. The minimum Gasteiger partial charge on any atom is -0.300 e. The van der Waals surface area contributed by atoms with Crippen LogP contribution < -0.4 is 5.73 Å². The molecule has 0 saturated heterocycles. The maximum Gasteiger partial charge on any atom is 0.347 e. The van der Waals surface area contributed by atoms with Gasteiger partial charge in [-0.15, -0.1) is 0 Å². The highest BCUT2D eigenvalue weighted by Crippen LogP contribution is 2.27. The first-order valence-corrected chi connectivity index (χ1v) is 5.29. The molecule has 0 saturated carbocycles. The summed E-state index contributed by atoms with van der Waals surface area (Å²) in [5.74, 6) is 0. The number of halogens is 2. The molecule has 4 heteroatoms. The van der Waals surface area contributed by atoms with E-state index in [1.54, 1.807) is 12.2 Å². The van der Waals surface area contributed by atoms with Crippen LogP contribution in [0.25, 0.3) is 5.57 Å². The van der Waals surface area contributed by atoms with Crippen molar-refractivity contribution in [2.24, 2.45) is 5.73 Å². The lowest BCUT2D eigenvalue weighted by molar-refractivity contribution is -0.189. The first-order chi connectivity index (χ1) is 8.09. The zero-order chi connectivity index (χ0) is 12.3. The third-order valence-electron chi connectivity index (χ3n) is 2.60. The quantitative estimate of drug-likeness (QED) is 0.820. The summed E-state index contributed by atoms with van der Waals surface area (Å²) < 4.78 is 28.6. The molecule has 1 aromatic rings. The normalized spacial score (nSPS) is 23.9. The van der Waals surface area contributed by atoms with E-state index >= 15 is 0 Å². The number of hydrogen-bond donors (Lipinski definition) is 1. The number of rotatable bonds is 3. The molecule has 1 aromatic carbocycles. The molecular weight excluding hydrogens is 224 g/mol. The number of benzene rings is 1. The molecule has 2 nitrogen and oxygen atoms in total. The van der Waals surface area contributed by atoms with Crippen molar-refractivity contribution in [3.05, 3.63) is 54.1 Å². The summed E-state index contributed by atoms with van der Waals surface area (Å²) in [6, 6.07) is 9.67. The van der Waals surface area contributed by atoms with Crippen molar-refractivity contribution in [3.8, 4) is 0 Å². The molecule has 1 aliphatic rings. The fourth-order valence-electron chi connectivity index (χ4n) is 1.73. The van der Waals surface area contributed by atoms with Crippen LogP contribution in [0, 0.1) is 0 Å². The van der Waals surface area contributed by atoms with Gasteiger partial charge in [-0.05, 0) is 17.2 Å². The van der Waals surface area contributed by atoms with E-state index in [9.17, 15) is 8.78 Å². The van der Waals surface area contributed by atoms with Crippen LogP contribution in [0.5, 0.6) is 0 Å². The maximum atomic E-state index is 12.1. The highest BCUT2D eigenvalue weighted by molar-refractivity contribution is 5.75. The second kappa shape index (κ2) is 4.77. The second-order valence-electron chi connectivity index (χ2n) is 3.90. The number of allylic oxidation sites excluding steroid dienone is 2. The highest BCUT2D eigenvalue weighted by Gasteiger charge is 2.28. The van der Waals surface area contributed by atoms with E-state index in [-0.39, 0.29) is 6.42 Å². The summed E-state index contributed by atoms with van der Waals surface area (Å²) in [6.45, 7) is -2.86. The Balaban J connectivity index is 2.11. The monoisotopic (exact) mass is 237 g/mol. The molecule has 1 atom stereocenters. The average molecular weight is 237 g/mol. The minimum atomic E-state index is -2.86. The van der Waals surface area contributed by atoms with Gasteiger partial charge in [-0.2, -0.15) is 8.78 Å². The minimum absolute atomic E-state index is 0.234. The Bertz CT molecular complexity index is 442. The third-order valence-corrected chi connectivity index (χ3v) is 2.60. The van der Waals surface area contributed by atoms with E-state index in [1.165, 1.54) is 6.08 Å². The van der Waals surface area contributed by atoms with Gasteiger partial charge in [-0.3, -0.25) is 10.5 Å². The molecule has 1 aliphatic carbocycles. The van der Waals surface area contributed by atoms with Crippen molar-refractivity contribution < 1.29 is 13.5 Å². The molecule has 1 unspecified atom stereocenters. The predicted molar refractivity (Wildman–Crippen MR) is 62.2 cm³/mol. The molecule has 0 heterocycles. The second-order valence-corrected chi connectivity index (χ2v) is 3.90. The number of alkyl halides is 2. The van der Waals surface area contributed by atoms with Crippen molar-refractivity contribution >= 4 is 5.57 Å². The van der Waals surface area contributed by atoms with Crippen LogP contribution in [-0.2, 0) is 4.74 Å². The van der Waals surface area contributed by atoms with Crippen LogP contribution in [-0.4, -0.2) is 12.3 Å². The van der Waals surface area contributed by atoms with Gasteiger partial charge in [0.2, 0.25) is 0 Å². The van der Waals surface area contributed by atoms with Crippen LogP contribution in [0.3, 0.4) is 0 Å². The molecule has 0 fully saturated rings. The van der Waals surface area contributed by atoms with Crippen molar-refractivity contribution in [2.75, 3.05) is 0 Å². The molecule has 0 amide bonds. The van der Waals surface area contributed by atoms with E-state index in [2.05, 4.69) is 4.74 Å². The van der Waals surface area contributed by atoms with Gasteiger partial charge >= 0.3 is 6.61 Å². The number of nitrogens with two attached hydrogens (primary N) is 1. The van der Waals surface area contributed by atoms with Crippen LogP contribution >= 0.6 is 0 Å². The van der Waals surface area contributed by atoms with Gasteiger partial charge in [0.15, 0.2) is 0 Å². The maximum absolute atomic E-state index is 12.1. The Morgan fingerprint density at radius 2 is 1.94 bits per heavy atom. The first kappa shape index (κ1) is 12.0. The molecule has 0 spiro atoms. The van der Waals surface area contributed by atoms with Gasteiger partial charge in [0.1, 0.15) is 5.72 Å². The Labute approximate surface area is 98.4 Å². The van der Waals surface area contributed by atoms with Crippen LogP contribution in [0.15, 0.2) is 48.6 Å². The zero-order valence-electron chi connectivity index (χ0n) is 9.14. The summed E-state index contributed by atoms with van der Waals surface area (Å²) in [7, 11) is 0. The molecule has 2 N–H and O–H groups in total. The van der Waals surface area contributed by atoms with Crippen molar-refractivity contribution in [1.82, 2.24) is 0 Å². The van der Waals surface area contributed by atoms with Gasteiger partial charge in [-0.1, -0.05) is 42.5 Å². The standard InChI is InChI=1S/C13H13F2NO/c14-12(15)17-13(16)8-6-11(7-9-13)10-4-2-1-3-5-10/h1-8,12H,9,16H2. The highest BCUT2D eigenvalue weighted by atomic mass is 19.3. The van der Waals surface area contributed by atoms with Gasteiger partial charge < -0.3 is 0 Å². The smallest absolute Gasteiger partial charge is 0.300 e. The Kier molecular flexibility index (Phi) is 3.36. The SMILES string of the molecule is NC1(OC(F)F)C=CC(c2ccccc2)=CC1. The molecule has 0 radical (unpaired) electrons. The van der Waals surface area contributed by atoms with Crippen molar-refractivity contribution in [3.63, 3.8) is 0 Å². The van der Waals surface area contributed by atoms with Crippen LogP contribution in [0.1, 0.15) is 12.0 Å². The molecule has 2 rings (SSSR count). The predicted octanol–water partition coefficient (Wildman–Crippen LogP) is 2.92. The summed E-state index contributed by atoms with van der Waals surface area (Å²) in [4.78, 5) is 0. The van der Waals surface area contributed by atoms with Crippen molar-refractivity contribution in [1.29, 1.82) is 0 Å². The van der Waals surface area contributed by atoms with Crippen molar-refractivity contribution in [2.45, 2.75) is 18.8 Å². The summed E-state index contributed by atoms with van der Waals surface area (Å²) >= 11 is 0. The number of hydrogen-bond acceptors (Lipinski definition) is 2. The summed E-state index contributed by atoms with van der Waals surface area (Å²) in [5, 5.41) is 0. The van der Waals surface area contributed by atoms with Gasteiger partial charge in [0.05, 0.1) is 0 Å².